The van der Waals surface area contributed by atoms with Gasteiger partial charge < -0.3 is 0 Å². The summed E-state index contributed by atoms with van der Waals surface area (Å²) in [6.07, 6.45) is 2.90. The summed E-state index contributed by atoms with van der Waals surface area (Å²) in [5.41, 5.74) is 3.20. The van der Waals surface area contributed by atoms with Crippen molar-refractivity contribution in [1.29, 1.82) is 0 Å². The van der Waals surface area contributed by atoms with Gasteiger partial charge in [0.2, 0.25) is 0 Å². The zero-order chi connectivity index (χ0) is 13.0. The third-order valence-corrected chi connectivity index (χ3v) is 2.47. The van der Waals surface area contributed by atoms with Gasteiger partial charge in [-0.25, -0.2) is 10.8 Å². The molecule has 0 saturated heterocycles. The van der Waals surface area contributed by atoms with E-state index in [1.165, 1.54) is 23.2 Å². The third kappa shape index (κ3) is 2.61. The van der Waals surface area contributed by atoms with Crippen molar-refractivity contribution < 1.29 is 4.79 Å². The van der Waals surface area contributed by atoms with Crippen LogP contribution in [0.1, 0.15) is 15.9 Å². The van der Waals surface area contributed by atoms with Crippen molar-refractivity contribution in [2.24, 2.45) is 5.84 Å². The van der Waals surface area contributed by atoms with Gasteiger partial charge in [-0.15, -0.1) is 0 Å². The van der Waals surface area contributed by atoms with Crippen molar-refractivity contribution in [1.82, 2.24) is 15.0 Å². The number of carbonyl (C=O) groups excluding carboxylic acids is 1. The van der Waals surface area contributed by atoms with E-state index in [9.17, 15) is 9.59 Å². The number of benzene rings is 1. The number of nitrogens with zero attached hydrogens (tertiary/aromatic N) is 2. The van der Waals surface area contributed by atoms with Gasteiger partial charge in [0.15, 0.2) is 0 Å². The number of nitrogens with two attached hydrogens (primary N) is 1. The highest BCUT2D eigenvalue weighted by Gasteiger charge is 2.04. The quantitative estimate of drug-likeness (QED) is 0.448. The Balaban J connectivity index is 2.28. The van der Waals surface area contributed by atoms with E-state index >= 15 is 0 Å². The van der Waals surface area contributed by atoms with E-state index in [0.29, 0.717) is 12.1 Å². The second-order valence-electron chi connectivity index (χ2n) is 3.72. The zero-order valence-electron chi connectivity index (χ0n) is 9.54. The second kappa shape index (κ2) is 5.24. The van der Waals surface area contributed by atoms with E-state index in [-0.39, 0.29) is 11.5 Å². The summed E-state index contributed by atoms with van der Waals surface area (Å²) in [6, 6.07) is 8.28. The summed E-state index contributed by atoms with van der Waals surface area (Å²) in [4.78, 5) is 26.8. The summed E-state index contributed by atoms with van der Waals surface area (Å²) in [5, 5.41) is 0. The molecule has 1 amide bonds. The lowest BCUT2D eigenvalue weighted by Crippen LogP contribution is -2.30. The molecule has 0 unspecified atom stereocenters. The average molecular weight is 244 g/mol. The molecule has 18 heavy (non-hydrogen) atoms. The van der Waals surface area contributed by atoms with Gasteiger partial charge in [-0.2, -0.15) is 0 Å². The van der Waals surface area contributed by atoms with Crippen LogP contribution in [0.15, 0.2) is 47.7 Å². The van der Waals surface area contributed by atoms with E-state index in [2.05, 4.69) is 10.4 Å². The fraction of sp³-hybridized carbons (Fsp3) is 0.0833. The smallest absolute Gasteiger partial charge is 0.265 e. The molecule has 6 nitrogen and oxygen atoms in total. The molecule has 3 N–H and O–H groups in total. The van der Waals surface area contributed by atoms with Crippen molar-refractivity contribution in [2.75, 3.05) is 0 Å². The monoisotopic (exact) mass is 244 g/mol. The van der Waals surface area contributed by atoms with Crippen LogP contribution in [-0.2, 0) is 6.54 Å². The first kappa shape index (κ1) is 12.0. The minimum Gasteiger partial charge on any atom is -0.295 e. The van der Waals surface area contributed by atoms with Crippen LogP contribution in [0.25, 0.3) is 0 Å². The second-order valence-corrected chi connectivity index (χ2v) is 3.72. The summed E-state index contributed by atoms with van der Waals surface area (Å²) < 4.78 is 1.46. The number of nitrogens with one attached hydrogen (secondary N) is 1. The van der Waals surface area contributed by atoms with E-state index in [4.69, 9.17) is 5.84 Å². The molecule has 0 atom stereocenters. The number of carbonyl (C=O) groups is 1. The van der Waals surface area contributed by atoms with Crippen molar-refractivity contribution in [3.05, 3.63) is 64.3 Å². The van der Waals surface area contributed by atoms with Gasteiger partial charge in [-0.05, 0) is 17.7 Å². The first-order valence-electron chi connectivity index (χ1n) is 5.31. The Kier molecular flexibility index (Phi) is 3.49. The van der Waals surface area contributed by atoms with Crippen LogP contribution >= 0.6 is 0 Å². The van der Waals surface area contributed by atoms with Crippen LogP contribution < -0.4 is 16.8 Å². The Hall–Kier alpha value is -2.47. The number of aromatic nitrogens is 2. The Morgan fingerprint density at radius 3 is 2.94 bits per heavy atom. The van der Waals surface area contributed by atoms with Crippen molar-refractivity contribution >= 4 is 5.91 Å². The van der Waals surface area contributed by atoms with E-state index in [1.807, 2.05) is 6.07 Å². The maximum atomic E-state index is 11.5. The standard InChI is InChI=1S/C12H12N4O2/c13-15-12(18)10-3-1-2-9(6-10)7-16-8-14-5-4-11(16)17/h1-6,8H,7,13H2,(H,15,18). The van der Waals surface area contributed by atoms with E-state index < -0.39 is 0 Å². The number of nitrogen functional groups attached to an aromatic ring is 1. The molecule has 0 saturated carbocycles. The highest BCUT2D eigenvalue weighted by atomic mass is 16.2. The largest absolute Gasteiger partial charge is 0.295 e. The number of hydrazine groups is 1. The third-order valence-electron chi connectivity index (χ3n) is 2.47. The Labute approximate surface area is 103 Å². The number of hydrogen-bond donors (Lipinski definition) is 2. The zero-order valence-corrected chi connectivity index (χ0v) is 9.54. The SMILES string of the molecule is NNC(=O)c1cccc(Cn2cnccc2=O)c1. The fourth-order valence-electron chi connectivity index (χ4n) is 1.59. The summed E-state index contributed by atoms with van der Waals surface area (Å²) in [6.45, 7) is 0.359. The molecular formula is C12H12N4O2. The molecule has 0 fully saturated rings. The lowest BCUT2D eigenvalue weighted by molar-refractivity contribution is 0.0953. The molecule has 0 radical (unpaired) electrons. The Bertz CT molecular complexity index is 621. The molecule has 1 aromatic carbocycles. The first-order valence-corrected chi connectivity index (χ1v) is 5.31. The Morgan fingerprint density at radius 1 is 1.39 bits per heavy atom. The highest BCUT2D eigenvalue weighted by Crippen LogP contribution is 2.06. The minimum atomic E-state index is -0.365. The summed E-state index contributed by atoms with van der Waals surface area (Å²) in [7, 11) is 0. The number of amides is 1. The van der Waals surface area contributed by atoms with Gasteiger partial charge in [0, 0.05) is 17.8 Å². The molecule has 0 aliphatic rings. The summed E-state index contributed by atoms with van der Waals surface area (Å²) in [5.74, 6) is 4.70. The highest BCUT2D eigenvalue weighted by molar-refractivity contribution is 5.93. The van der Waals surface area contributed by atoms with Crippen LogP contribution in [0, 0.1) is 0 Å². The van der Waals surface area contributed by atoms with Gasteiger partial charge in [-0.3, -0.25) is 19.6 Å². The molecule has 2 aromatic rings. The summed E-state index contributed by atoms with van der Waals surface area (Å²) >= 11 is 0. The van der Waals surface area contributed by atoms with Gasteiger partial charge in [0.25, 0.3) is 11.5 Å². The molecule has 92 valence electrons. The normalized spacial score (nSPS) is 10.1. The van der Waals surface area contributed by atoms with Crippen LogP contribution in [0.3, 0.4) is 0 Å². The molecule has 2 rings (SSSR count). The maximum absolute atomic E-state index is 11.5. The number of rotatable bonds is 3. The molecule has 1 aromatic heterocycles. The lowest BCUT2D eigenvalue weighted by Gasteiger charge is -2.06. The molecule has 6 heteroatoms. The van der Waals surface area contributed by atoms with Gasteiger partial charge in [0.05, 0.1) is 12.9 Å². The molecule has 1 heterocycles. The molecule has 0 spiro atoms. The average Bonchev–Trinajstić information content (AvgIpc) is 2.41. The van der Waals surface area contributed by atoms with Crippen molar-refractivity contribution in [3.8, 4) is 0 Å². The van der Waals surface area contributed by atoms with Crippen LogP contribution in [0.5, 0.6) is 0 Å². The van der Waals surface area contributed by atoms with Crippen LogP contribution in [0.4, 0.5) is 0 Å². The van der Waals surface area contributed by atoms with Crippen LogP contribution in [-0.4, -0.2) is 15.5 Å². The molecule has 0 aliphatic heterocycles. The first-order chi connectivity index (χ1) is 8.70. The topological polar surface area (TPSA) is 90.0 Å². The number of hydrogen-bond acceptors (Lipinski definition) is 4. The van der Waals surface area contributed by atoms with Crippen molar-refractivity contribution in [3.63, 3.8) is 0 Å². The van der Waals surface area contributed by atoms with Crippen LogP contribution in [0.2, 0.25) is 0 Å². The molecular weight excluding hydrogens is 232 g/mol. The Morgan fingerprint density at radius 2 is 2.22 bits per heavy atom. The van der Waals surface area contributed by atoms with E-state index in [1.54, 1.807) is 18.2 Å². The van der Waals surface area contributed by atoms with Gasteiger partial charge in [0.1, 0.15) is 0 Å². The molecule has 0 bridgehead atoms. The molecule has 0 aliphatic carbocycles. The van der Waals surface area contributed by atoms with Crippen molar-refractivity contribution in [2.45, 2.75) is 6.54 Å². The predicted octanol–water partition coefficient (Wildman–Crippen LogP) is -0.105. The predicted molar refractivity (Wildman–Crippen MR) is 65.7 cm³/mol. The van der Waals surface area contributed by atoms with Gasteiger partial charge in [-0.1, -0.05) is 12.1 Å². The minimum absolute atomic E-state index is 0.140. The maximum Gasteiger partial charge on any atom is 0.265 e. The van der Waals surface area contributed by atoms with E-state index in [0.717, 1.165) is 5.56 Å². The van der Waals surface area contributed by atoms with Gasteiger partial charge >= 0.3 is 0 Å². The lowest BCUT2D eigenvalue weighted by atomic mass is 10.1. The fourth-order valence-corrected chi connectivity index (χ4v) is 1.59.